The van der Waals surface area contributed by atoms with Gasteiger partial charge in [-0.1, -0.05) is 6.07 Å². The molecule has 0 aliphatic heterocycles. The third-order valence-electron chi connectivity index (χ3n) is 2.37. The third-order valence-corrected chi connectivity index (χ3v) is 3.24. The van der Waals surface area contributed by atoms with E-state index in [4.69, 9.17) is 5.84 Å². The zero-order valence-electron chi connectivity index (χ0n) is 9.93. The minimum Gasteiger partial charge on any atom is -0.347 e. The molecule has 4 N–H and O–H groups in total. The van der Waals surface area contributed by atoms with Gasteiger partial charge in [0.2, 0.25) is 0 Å². The smallest absolute Gasteiger partial charge is 0.251 e. The van der Waals surface area contributed by atoms with E-state index in [1.807, 2.05) is 24.4 Å². The lowest BCUT2D eigenvalue weighted by Gasteiger charge is -2.07. The molecule has 0 aliphatic carbocycles. The molecular formula is C12H14N4OS. The summed E-state index contributed by atoms with van der Waals surface area (Å²) in [6.07, 6.45) is 0. The number of anilines is 1. The first-order chi connectivity index (χ1) is 8.69. The lowest BCUT2D eigenvalue weighted by Crippen LogP contribution is -2.23. The number of aryl methyl sites for hydroxylation is 1. The SMILES string of the molecule is Cc1cc(C(=O)NCc2cccs2)cc(NN)n1. The van der Waals surface area contributed by atoms with Crippen LogP contribution in [-0.4, -0.2) is 10.9 Å². The van der Waals surface area contributed by atoms with Crippen LogP contribution in [0.4, 0.5) is 5.82 Å². The number of carbonyl (C=O) groups excluding carboxylic acids is 1. The maximum absolute atomic E-state index is 12.0. The first-order valence-electron chi connectivity index (χ1n) is 5.45. The largest absolute Gasteiger partial charge is 0.347 e. The second kappa shape index (κ2) is 5.61. The van der Waals surface area contributed by atoms with E-state index in [0.29, 0.717) is 17.9 Å². The van der Waals surface area contributed by atoms with Crippen LogP contribution >= 0.6 is 11.3 Å². The van der Waals surface area contributed by atoms with Gasteiger partial charge in [0.05, 0.1) is 6.54 Å². The number of hydrazine groups is 1. The van der Waals surface area contributed by atoms with Crippen molar-refractivity contribution in [2.45, 2.75) is 13.5 Å². The van der Waals surface area contributed by atoms with Crippen LogP contribution in [-0.2, 0) is 6.54 Å². The van der Waals surface area contributed by atoms with E-state index in [1.165, 1.54) is 0 Å². The van der Waals surface area contributed by atoms with E-state index >= 15 is 0 Å². The van der Waals surface area contributed by atoms with E-state index in [-0.39, 0.29) is 5.91 Å². The van der Waals surface area contributed by atoms with Gasteiger partial charge in [0.1, 0.15) is 5.82 Å². The molecule has 0 unspecified atom stereocenters. The number of rotatable bonds is 4. The molecule has 0 aromatic carbocycles. The Kier molecular flexibility index (Phi) is 3.91. The monoisotopic (exact) mass is 262 g/mol. The van der Waals surface area contributed by atoms with Crippen LogP contribution in [0.5, 0.6) is 0 Å². The Morgan fingerprint density at radius 1 is 1.50 bits per heavy atom. The minimum atomic E-state index is -0.134. The molecule has 0 saturated heterocycles. The van der Waals surface area contributed by atoms with Crippen LogP contribution in [0.15, 0.2) is 29.6 Å². The fraction of sp³-hybridized carbons (Fsp3) is 0.167. The maximum Gasteiger partial charge on any atom is 0.251 e. The molecule has 94 valence electrons. The van der Waals surface area contributed by atoms with Crippen LogP contribution in [0.25, 0.3) is 0 Å². The molecule has 0 saturated carbocycles. The molecule has 0 bridgehead atoms. The molecule has 0 aliphatic rings. The van der Waals surface area contributed by atoms with Crippen molar-refractivity contribution in [2.75, 3.05) is 5.43 Å². The Hall–Kier alpha value is -1.92. The van der Waals surface area contributed by atoms with Crippen molar-refractivity contribution in [1.82, 2.24) is 10.3 Å². The average Bonchev–Trinajstić information content (AvgIpc) is 2.88. The highest BCUT2D eigenvalue weighted by Crippen LogP contribution is 2.11. The second-order valence-electron chi connectivity index (χ2n) is 3.79. The molecule has 0 fully saturated rings. The fourth-order valence-electron chi connectivity index (χ4n) is 1.56. The van der Waals surface area contributed by atoms with E-state index in [2.05, 4.69) is 15.7 Å². The van der Waals surface area contributed by atoms with Crippen LogP contribution in [0.1, 0.15) is 20.9 Å². The van der Waals surface area contributed by atoms with Crippen LogP contribution in [0.2, 0.25) is 0 Å². The van der Waals surface area contributed by atoms with Crippen molar-refractivity contribution >= 4 is 23.1 Å². The number of nitrogens with zero attached hydrogens (tertiary/aromatic N) is 1. The molecule has 2 rings (SSSR count). The molecule has 18 heavy (non-hydrogen) atoms. The molecule has 0 atom stereocenters. The molecule has 5 nitrogen and oxygen atoms in total. The molecule has 6 heteroatoms. The number of aromatic nitrogens is 1. The number of carbonyl (C=O) groups is 1. The lowest BCUT2D eigenvalue weighted by atomic mass is 10.2. The molecule has 2 heterocycles. The van der Waals surface area contributed by atoms with Gasteiger partial charge in [0.25, 0.3) is 5.91 Å². The molecule has 1 amide bonds. The summed E-state index contributed by atoms with van der Waals surface area (Å²) in [5.41, 5.74) is 3.73. The summed E-state index contributed by atoms with van der Waals surface area (Å²) in [6.45, 7) is 2.35. The van der Waals surface area contributed by atoms with Gasteiger partial charge in [0.15, 0.2) is 0 Å². The molecule has 2 aromatic heterocycles. The highest BCUT2D eigenvalue weighted by Gasteiger charge is 2.08. The number of hydrogen-bond donors (Lipinski definition) is 3. The molecular weight excluding hydrogens is 248 g/mol. The zero-order chi connectivity index (χ0) is 13.0. The zero-order valence-corrected chi connectivity index (χ0v) is 10.8. The van der Waals surface area contributed by atoms with Crippen LogP contribution in [0, 0.1) is 6.92 Å². The van der Waals surface area contributed by atoms with Gasteiger partial charge in [-0.25, -0.2) is 10.8 Å². The predicted octanol–water partition coefficient (Wildman–Crippen LogP) is 1.67. The molecule has 0 radical (unpaired) electrons. The summed E-state index contributed by atoms with van der Waals surface area (Å²) in [7, 11) is 0. The van der Waals surface area contributed by atoms with Gasteiger partial charge >= 0.3 is 0 Å². The number of nitrogens with one attached hydrogen (secondary N) is 2. The standard InChI is InChI=1S/C12H14N4OS/c1-8-5-9(6-11(15-8)16-13)12(17)14-7-10-3-2-4-18-10/h2-6H,7,13H2,1H3,(H,14,17)(H,15,16). The van der Waals surface area contributed by atoms with Gasteiger partial charge in [-0.3, -0.25) is 4.79 Å². The van der Waals surface area contributed by atoms with Crippen LogP contribution < -0.4 is 16.6 Å². The Bertz CT molecular complexity index is 539. The number of hydrogen-bond acceptors (Lipinski definition) is 5. The lowest BCUT2D eigenvalue weighted by molar-refractivity contribution is 0.0951. The van der Waals surface area contributed by atoms with Gasteiger partial charge in [-0.15, -0.1) is 11.3 Å². The predicted molar refractivity (Wildman–Crippen MR) is 72.3 cm³/mol. The fourth-order valence-corrected chi connectivity index (χ4v) is 2.20. The Balaban J connectivity index is 2.06. The summed E-state index contributed by atoms with van der Waals surface area (Å²) in [6, 6.07) is 7.29. The first-order valence-corrected chi connectivity index (χ1v) is 6.33. The Morgan fingerprint density at radius 3 is 3.00 bits per heavy atom. The van der Waals surface area contributed by atoms with E-state index < -0.39 is 0 Å². The van der Waals surface area contributed by atoms with E-state index in [1.54, 1.807) is 23.5 Å². The average molecular weight is 262 g/mol. The van der Waals surface area contributed by atoms with Crippen molar-refractivity contribution in [2.24, 2.45) is 5.84 Å². The van der Waals surface area contributed by atoms with Gasteiger partial charge in [0, 0.05) is 16.1 Å². The summed E-state index contributed by atoms with van der Waals surface area (Å²) >= 11 is 1.61. The van der Waals surface area contributed by atoms with Crippen LogP contribution in [0.3, 0.4) is 0 Å². The molecule has 0 spiro atoms. The Morgan fingerprint density at radius 2 is 2.33 bits per heavy atom. The highest BCUT2D eigenvalue weighted by molar-refractivity contribution is 7.09. The third kappa shape index (κ3) is 3.06. The quantitative estimate of drug-likeness (QED) is 0.578. The molecule has 2 aromatic rings. The van der Waals surface area contributed by atoms with Crippen molar-refractivity contribution in [3.63, 3.8) is 0 Å². The number of thiophene rings is 1. The van der Waals surface area contributed by atoms with Crippen molar-refractivity contribution in [3.05, 3.63) is 45.8 Å². The van der Waals surface area contributed by atoms with Gasteiger partial charge in [-0.05, 0) is 30.5 Å². The van der Waals surface area contributed by atoms with Crippen molar-refractivity contribution in [1.29, 1.82) is 0 Å². The normalized spacial score (nSPS) is 10.1. The summed E-state index contributed by atoms with van der Waals surface area (Å²) in [4.78, 5) is 17.2. The number of amides is 1. The summed E-state index contributed by atoms with van der Waals surface area (Å²) in [5.74, 6) is 5.65. The van der Waals surface area contributed by atoms with Crippen molar-refractivity contribution in [3.8, 4) is 0 Å². The topological polar surface area (TPSA) is 80.0 Å². The summed E-state index contributed by atoms with van der Waals surface area (Å²) in [5, 5.41) is 4.84. The number of nitrogens with two attached hydrogens (primary N) is 1. The number of nitrogen functional groups attached to an aromatic ring is 1. The van der Waals surface area contributed by atoms with E-state index in [9.17, 15) is 4.79 Å². The number of pyridine rings is 1. The van der Waals surface area contributed by atoms with Gasteiger partial charge < -0.3 is 10.7 Å². The second-order valence-corrected chi connectivity index (χ2v) is 4.82. The minimum absolute atomic E-state index is 0.134. The van der Waals surface area contributed by atoms with Crippen molar-refractivity contribution < 1.29 is 4.79 Å². The first kappa shape index (κ1) is 12.5. The summed E-state index contributed by atoms with van der Waals surface area (Å²) < 4.78 is 0. The highest BCUT2D eigenvalue weighted by atomic mass is 32.1. The van der Waals surface area contributed by atoms with Gasteiger partial charge in [-0.2, -0.15) is 0 Å². The maximum atomic E-state index is 12.0. The Labute approximate surface area is 109 Å². The van der Waals surface area contributed by atoms with E-state index in [0.717, 1.165) is 10.6 Å².